The Balaban J connectivity index is 1.97. The Bertz CT molecular complexity index is 782. The molecule has 0 radical (unpaired) electrons. The SMILES string of the molecule is CCC(=O)Oc1cnc2cc(-c3ccccc3)ccc2c1. The van der Waals surface area contributed by atoms with Gasteiger partial charge in [0.05, 0.1) is 11.7 Å². The number of ether oxygens (including phenoxy) is 1. The molecule has 0 spiro atoms. The van der Waals surface area contributed by atoms with Crippen molar-refractivity contribution in [2.24, 2.45) is 0 Å². The van der Waals surface area contributed by atoms with Crippen molar-refractivity contribution >= 4 is 16.9 Å². The molecule has 0 aliphatic heterocycles. The van der Waals surface area contributed by atoms with Crippen molar-refractivity contribution in [1.82, 2.24) is 4.98 Å². The molecular formula is C18H15NO2. The van der Waals surface area contributed by atoms with Crippen LogP contribution in [0.1, 0.15) is 13.3 Å². The maximum atomic E-state index is 11.3. The van der Waals surface area contributed by atoms with Gasteiger partial charge in [0, 0.05) is 11.8 Å². The number of esters is 1. The number of carbonyl (C=O) groups excluding carboxylic acids is 1. The Kier molecular flexibility index (Phi) is 3.65. The number of rotatable bonds is 3. The third-order valence-corrected chi connectivity index (χ3v) is 3.29. The van der Waals surface area contributed by atoms with Gasteiger partial charge in [-0.1, -0.05) is 49.4 Å². The Morgan fingerprint density at radius 3 is 2.62 bits per heavy atom. The van der Waals surface area contributed by atoms with Crippen molar-refractivity contribution in [3.8, 4) is 16.9 Å². The second-order valence-electron chi connectivity index (χ2n) is 4.77. The van der Waals surface area contributed by atoms with Crippen molar-refractivity contribution < 1.29 is 9.53 Å². The Labute approximate surface area is 123 Å². The van der Waals surface area contributed by atoms with Gasteiger partial charge < -0.3 is 4.74 Å². The summed E-state index contributed by atoms with van der Waals surface area (Å²) in [5, 5.41) is 0.955. The molecule has 0 N–H and O–H groups in total. The average Bonchev–Trinajstić information content (AvgIpc) is 2.55. The van der Waals surface area contributed by atoms with Gasteiger partial charge in [-0.3, -0.25) is 9.78 Å². The number of aromatic nitrogens is 1. The minimum Gasteiger partial charge on any atom is -0.425 e. The van der Waals surface area contributed by atoms with E-state index in [9.17, 15) is 4.79 Å². The summed E-state index contributed by atoms with van der Waals surface area (Å²) in [5.74, 6) is 0.235. The van der Waals surface area contributed by atoms with Gasteiger partial charge in [-0.15, -0.1) is 0 Å². The molecule has 21 heavy (non-hydrogen) atoms. The van der Waals surface area contributed by atoms with Crippen molar-refractivity contribution in [3.63, 3.8) is 0 Å². The molecule has 2 aromatic carbocycles. The highest BCUT2D eigenvalue weighted by Gasteiger charge is 2.05. The van der Waals surface area contributed by atoms with E-state index in [0.29, 0.717) is 12.2 Å². The van der Waals surface area contributed by atoms with Crippen LogP contribution in [0.25, 0.3) is 22.0 Å². The Morgan fingerprint density at radius 1 is 1.05 bits per heavy atom. The lowest BCUT2D eigenvalue weighted by atomic mass is 10.0. The number of benzene rings is 2. The van der Waals surface area contributed by atoms with Crippen molar-refractivity contribution in [1.29, 1.82) is 0 Å². The van der Waals surface area contributed by atoms with E-state index in [0.717, 1.165) is 22.0 Å². The lowest BCUT2D eigenvalue weighted by molar-refractivity contribution is -0.134. The van der Waals surface area contributed by atoms with E-state index in [-0.39, 0.29) is 5.97 Å². The number of hydrogen-bond acceptors (Lipinski definition) is 3. The second-order valence-corrected chi connectivity index (χ2v) is 4.77. The van der Waals surface area contributed by atoms with Crippen LogP contribution in [0.15, 0.2) is 60.8 Å². The van der Waals surface area contributed by atoms with Crippen LogP contribution in [0, 0.1) is 0 Å². The first kappa shape index (κ1) is 13.3. The summed E-state index contributed by atoms with van der Waals surface area (Å²) in [5.41, 5.74) is 3.16. The molecule has 0 aliphatic rings. The van der Waals surface area contributed by atoms with Crippen LogP contribution < -0.4 is 4.74 Å². The maximum Gasteiger partial charge on any atom is 0.310 e. The summed E-state index contributed by atoms with van der Waals surface area (Å²) in [4.78, 5) is 15.7. The third-order valence-electron chi connectivity index (χ3n) is 3.29. The Hall–Kier alpha value is -2.68. The number of hydrogen-bond donors (Lipinski definition) is 0. The van der Waals surface area contributed by atoms with E-state index in [1.807, 2.05) is 42.5 Å². The lowest BCUT2D eigenvalue weighted by Crippen LogP contribution is -2.05. The van der Waals surface area contributed by atoms with Gasteiger partial charge in [0.25, 0.3) is 0 Å². The van der Waals surface area contributed by atoms with E-state index in [1.165, 1.54) is 0 Å². The minimum atomic E-state index is -0.253. The van der Waals surface area contributed by atoms with Crippen LogP contribution in [-0.4, -0.2) is 11.0 Å². The summed E-state index contributed by atoms with van der Waals surface area (Å²) in [7, 11) is 0. The highest BCUT2D eigenvalue weighted by molar-refractivity contribution is 5.85. The smallest absolute Gasteiger partial charge is 0.310 e. The summed E-state index contributed by atoms with van der Waals surface area (Å²) in [6.07, 6.45) is 1.94. The highest BCUT2D eigenvalue weighted by atomic mass is 16.5. The van der Waals surface area contributed by atoms with Crippen LogP contribution >= 0.6 is 0 Å². The number of nitrogens with zero attached hydrogens (tertiary/aromatic N) is 1. The van der Waals surface area contributed by atoms with Crippen LogP contribution in [0.5, 0.6) is 5.75 Å². The number of pyridine rings is 1. The largest absolute Gasteiger partial charge is 0.425 e. The van der Waals surface area contributed by atoms with E-state index < -0.39 is 0 Å². The summed E-state index contributed by atoms with van der Waals surface area (Å²) in [6.45, 7) is 1.77. The molecule has 3 heteroatoms. The van der Waals surface area contributed by atoms with Crippen molar-refractivity contribution in [2.45, 2.75) is 13.3 Å². The normalized spacial score (nSPS) is 10.5. The minimum absolute atomic E-state index is 0.253. The fourth-order valence-corrected chi connectivity index (χ4v) is 2.17. The van der Waals surface area contributed by atoms with Gasteiger partial charge in [-0.25, -0.2) is 0 Å². The fraction of sp³-hybridized carbons (Fsp3) is 0.111. The van der Waals surface area contributed by atoms with Gasteiger partial charge in [0.15, 0.2) is 0 Å². The summed E-state index contributed by atoms with van der Waals surface area (Å²) in [6, 6.07) is 18.1. The molecule has 104 valence electrons. The molecular weight excluding hydrogens is 262 g/mol. The van der Waals surface area contributed by atoms with Gasteiger partial charge in [-0.05, 0) is 23.3 Å². The molecule has 0 aliphatic carbocycles. The number of fused-ring (bicyclic) bond motifs is 1. The standard InChI is InChI=1S/C18H15NO2/c1-2-18(20)21-16-10-15-9-8-14(11-17(15)19-12-16)13-6-4-3-5-7-13/h3-12H,2H2,1H3. The van der Waals surface area contributed by atoms with Crippen molar-refractivity contribution in [3.05, 3.63) is 60.8 Å². The van der Waals surface area contributed by atoms with E-state index in [4.69, 9.17) is 4.74 Å². The molecule has 0 unspecified atom stereocenters. The quantitative estimate of drug-likeness (QED) is 0.673. The molecule has 0 atom stereocenters. The van der Waals surface area contributed by atoms with E-state index in [2.05, 4.69) is 17.1 Å². The van der Waals surface area contributed by atoms with Gasteiger partial charge in [-0.2, -0.15) is 0 Å². The molecule has 0 amide bonds. The zero-order chi connectivity index (χ0) is 14.7. The first-order chi connectivity index (χ1) is 10.3. The topological polar surface area (TPSA) is 39.2 Å². The van der Waals surface area contributed by atoms with Gasteiger partial charge >= 0.3 is 5.97 Å². The molecule has 3 aromatic rings. The predicted octanol–water partition coefficient (Wildman–Crippen LogP) is 4.22. The molecule has 1 aromatic heterocycles. The second kappa shape index (κ2) is 5.75. The van der Waals surface area contributed by atoms with E-state index in [1.54, 1.807) is 13.1 Å². The predicted molar refractivity (Wildman–Crippen MR) is 83.1 cm³/mol. The highest BCUT2D eigenvalue weighted by Crippen LogP contribution is 2.25. The van der Waals surface area contributed by atoms with Crippen molar-refractivity contribution in [2.75, 3.05) is 0 Å². The molecule has 3 nitrogen and oxygen atoms in total. The summed E-state index contributed by atoms with van der Waals surface area (Å²) >= 11 is 0. The maximum absolute atomic E-state index is 11.3. The van der Waals surface area contributed by atoms with Gasteiger partial charge in [0.2, 0.25) is 0 Å². The third kappa shape index (κ3) is 2.92. The lowest BCUT2D eigenvalue weighted by Gasteiger charge is -2.06. The van der Waals surface area contributed by atoms with Crippen LogP contribution in [-0.2, 0) is 4.79 Å². The zero-order valence-electron chi connectivity index (χ0n) is 11.7. The number of carbonyl (C=O) groups is 1. The van der Waals surface area contributed by atoms with E-state index >= 15 is 0 Å². The first-order valence-electron chi connectivity index (χ1n) is 6.92. The van der Waals surface area contributed by atoms with Gasteiger partial charge in [0.1, 0.15) is 5.75 Å². The fourth-order valence-electron chi connectivity index (χ4n) is 2.17. The molecule has 0 saturated heterocycles. The van der Waals surface area contributed by atoms with Crippen LogP contribution in [0.2, 0.25) is 0 Å². The molecule has 0 fully saturated rings. The van der Waals surface area contributed by atoms with Crippen LogP contribution in [0.4, 0.5) is 0 Å². The molecule has 0 bridgehead atoms. The Morgan fingerprint density at radius 2 is 1.86 bits per heavy atom. The average molecular weight is 277 g/mol. The monoisotopic (exact) mass is 277 g/mol. The first-order valence-corrected chi connectivity index (χ1v) is 6.92. The molecule has 3 rings (SSSR count). The molecule has 1 heterocycles. The summed E-state index contributed by atoms with van der Waals surface area (Å²) < 4.78 is 5.19. The zero-order valence-corrected chi connectivity index (χ0v) is 11.7. The molecule has 0 saturated carbocycles. The van der Waals surface area contributed by atoms with Crippen LogP contribution in [0.3, 0.4) is 0 Å².